The van der Waals surface area contributed by atoms with Crippen molar-refractivity contribution in [3.05, 3.63) is 85.1 Å². The van der Waals surface area contributed by atoms with Crippen molar-refractivity contribution in [2.24, 2.45) is 5.73 Å². The number of phosphoric ester groups is 1. The van der Waals surface area contributed by atoms with E-state index >= 15 is 0 Å². The molecule has 0 aliphatic carbocycles. The van der Waals surface area contributed by atoms with E-state index in [0.29, 0.717) is 13.0 Å². The molecule has 0 aromatic carbocycles. The lowest BCUT2D eigenvalue weighted by Crippen LogP contribution is -2.34. The summed E-state index contributed by atoms with van der Waals surface area (Å²) in [6.07, 6.45) is 49.2. The Hall–Kier alpha value is -2.85. The molecule has 0 fully saturated rings. The van der Waals surface area contributed by atoms with Gasteiger partial charge in [0.15, 0.2) is 0 Å². The van der Waals surface area contributed by atoms with Crippen LogP contribution < -0.4 is 5.73 Å². The molecule has 3 unspecified atom stereocenters. The SMILES string of the molecule is CC/C=C\C/C=C\C/C=C\C/C=C\C/C=C\C/C=C\CCCCC(=O)OC(COCCCCCCCC/C=C\CCCC)COP(=O)(O)OCC(N)C(=O)O. The Morgan fingerprint density at radius 1 is 0.600 bits per heavy atom. The molecule has 0 aromatic heterocycles. The number of carboxylic acid groups (broad SMARTS) is 1. The van der Waals surface area contributed by atoms with Gasteiger partial charge in [-0.05, 0) is 83.5 Å². The van der Waals surface area contributed by atoms with Crippen molar-refractivity contribution in [3.8, 4) is 0 Å². The van der Waals surface area contributed by atoms with Crippen molar-refractivity contribution in [1.82, 2.24) is 0 Å². The number of hydrogen-bond acceptors (Lipinski definition) is 8. The standard InChI is InChI=1S/C44H74NO9P/c1-3-5-7-9-11-13-15-17-18-19-20-21-22-23-24-25-26-28-30-32-34-36-43(46)54-41(39-52-55(49,50)53-40-42(45)44(47)48)38-51-37-35-33-31-29-27-16-14-12-10-8-6-4-2/h5,7,10-13,17-18,20-21,23-24,26,28,41-42H,3-4,6,8-9,14-16,19,22,25,27,29-40,45H2,1-2H3,(H,47,48)(H,49,50)/b7-5-,12-10-,13-11-,18-17-,21-20-,24-23-,28-26-. The highest BCUT2D eigenvalue weighted by atomic mass is 31.2. The van der Waals surface area contributed by atoms with E-state index in [-0.39, 0.29) is 13.0 Å². The van der Waals surface area contributed by atoms with E-state index in [2.05, 4.69) is 98.9 Å². The van der Waals surface area contributed by atoms with Gasteiger partial charge in [-0.25, -0.2) is 4.57 Å². The number of allylic oxidation sites excluding steroid dienone is 14. The highest BCUT2D eigenvalue weighted by Crippen LogP contribution is 2.43. The molecule has 0 spiro atoms. The second-order valence-electron chi connectivity index (χ2n) is 13.4. The molecule has 55 heavy (non-hydrogen) atoms. The molecule has 0 heterocycles. The minimum Gasteiger partial charge on any atom is -0.480 e. The van der Waals surface area contributed by atoms with E-state index in [0.717, 1.165) is 77.0 Å². The third-order valence-electron chi connectivity index (χ3n) is 8.16. The molecule has 0 radical (unpaired) electrons. The smallest absolute Gasteiger partial charge is 0.472 e. The van der Waals surface area contributed by atoms with Crippen molar-refractivity contribution in [1.29, 1.82) is 0 Å². The van der Waals surface area contributed by atoms with Crippen LogP contribution in [0.1, 0.15) is 142 Å². The molecule has 0 bridgehead atoms. The number of nitrogens with two attached hydrogens (primary N) is 1. The lowest BCUT2D eigenvalue weighted by atomic mass is 10.1. The summed E-state index contributed by atoms with van der Waals surface area (Å²) in [5.41, 5.74) is 5.34. The normalized spacial score (nSPS) is 14.8. The largest absolute Gasteiger partial charge is 0.480 e. The van der Waals surface area contributed by atoms with Gasteiger partial charge in [0.05, 0.1) is 19.8 Å². The Morgan fingerprint density at radius 2 is 1.05 bits per heavy atom. The van der Waals surface area contributed by atoms with Crippen LogP contribution in [-0.4, -0.2) is 60.5 Å². The van der Waals surface area contributed by atoms with Crippen LogP contribution in [0.15, 0.2) is 85.1 Å². The number of rotatable bonds is 38. The number of phosphoric acid groups is 1. The van der Waals surface area contributed by atoms with Crippen LogP contribution in [0.5, 0.6) is 0 Å². The molecule has 0 amide bonds. The zero-order valence-corrected chi connectivity index (χ0v) is 34.9. The van der Waals surface area contributed by atoms with E-state index in [1.807, 2.05) is 0 Å². The predicted molar refractivity (Wildman–Crippen MR) is 226 cm³/mol. The number of hydrogen-bond donors (Lipinski definition) is 3. The van der Waals surface area contributed by atoms with E-state index in [4.69, 9.17) is 29.4 Å². The van der Waals surface area contributed by atoms with Crippen LogP contribution in [0.2, 0.25) is 0 Å². The van der Waals surface area contributed by atoms with E-state index in [9.17, 15) is 19.0 Å². The molecule has 0 aromatic rings. The summed E-state index contributed by atoms with van der Waals surface area (Å²) in [6.45, 7) is 3.63. The highest BCUT2D eigenvalue weighted by molar-refractivity contribution is 7.47. The minimum absolute atomic E-state index is 0.0106. The molecular weight excluding hydrogens is 717 g/mol. The number of unbranched alkanes of at least 4 members (excludes halogenated alkanes) is 10. The minimum atomic E-state index is -4.63. The zero-order chi connectivity index (χ0) is 40.5. The highest BCUT2D eigenvalue weighted by Gasteiger charge is 2.27. The fourth-order valence-corrected chi connectivity index (χ4v) is 5.72. The van der Waals surface area contributed by atoms with Gasteiger partial charge < -0.3 is 25.2 Å². The first-order chi connectivity index (χ1) is 26.7. The Labute approximate surface area is 333 Å². The summed E-state index contributed by atoms with van der Waals surface area (Å²) < 4.78 is 33.2. The van der Waals surface area contributed by atoms with Crippen molar-refractivity contribution in [2.45, 2.75) is 154 Å². The molecule has 3 atom stereocenters. The van der Waals surface area contributed by atoms with Crippen LogP contribution >= 0.6 is 7.82 Å². The molecule has 0 aliphatic heterocycles. The van der Waals surface area contributed by atoms with Gasteiger partial charge in [0.2, 0.25) is 0 Å². The quantitative estimate of drug-likeness (QED) is 0.0238. The topological polar surface area (TPSA) is 155 Å². The maximum atomic E-state index is 12.6. The van der Waals surface area contributed by atoms with Gasteiger partial charge >= 0.3 is 19.8 Å². The van der Waals surface area contributed by atoms with Gasteiger partial charge in [0, 0.05) is 13.0 Å². The summed E-state index contributed by atoms with van der Waals surface area (Å²) in [6, 6.07) is -1.48. The molecule has 314 valence electrons. The second kappa shape index (κ2) is 39.4. The fraction of sp³-hybridized carbons (Fsp3) is 0.636. The summed E-state index contributed by atoms with van der Waals surface area (Å²) in [7, 11) is -4.63. The van der Waals surface area contributed by atoms with Gasteiger partial charge in [0.25, 0.3) is 0 Å². The van der Waals surface area contributed by atoms with E-state index in [1.54, 1.807) is 0 Å². The summed E-state index contributed by atoms with van der Waals surface area (Å²) in [4.78, 5) is 33.5. The Bertz CT molecular complexity index is 1190. The van der Waals surface area contributed by atoms with Gasteiger partial charge in [-0.1, -0.05) is 137 Å². The van der Waals surface area contributed by atoms with Crippen molar-refractivity contribution in [2.75, 3.05) is 26.4 Å². The zero-order valence-electron chi connectivity index (χ0n) is 34.0. The molecule has 0 rings (SSSR count). The molecule has 4 N–H and O–H groups in total. The van der Waals surface area contributed by atoms with Crippen molar-refractivity contribution >= 4 is 19.8 Å². The maximum Gasteiger partial charge on any atom is 0.472 e. The number of carboxylic acids is 1. The number of ether oxygens (including phenoxy) is 2. The summed E-state index contributed by atoms with van der Waals surface area (Å²) in [5, 5.41) is 8.88. The monoisotopic (exact) mass is 792 g/mol. The molecule has 11 heteroatoms. The summed E-state index contributed by atoms with van der Waals surface area (Å²) in [5.74, 6) is -1.84. The van der Waals surface area contributed by atoms with Gasteiger partial charge in [0.1, 0.15) is 12.1 Å². The summed E-state index contributed by atoms with van der Waals surface area (Å²) >= 11 is 0. The first-order valence-electron chi connectivity index (χ1n) is 20.6. The van der Waals surface area contributed by atoms with Crippen LogP contribution in [0.4, 0.5) is 0 Å². The number of carbonyl (C=O) groups is 2. The van der Waals surface area contributed by atoms with Gasteiger partial charge in [-0.15, -0.1) is 0 Å². The van der Waals surface area contributed by atoms with E-state index < -0.39 is 45.1 Å². The Morgan fingerprint density at radius 3 is 1.60 bits per heavy atom. The lowest BCUT2D eigenvalue weighted by Gasteiger charge is -2.20. The van der Waals surface area contributed by atoms with Crippen LogP contribution in [-0.2, 0) is 32.7 Å². The van der Waals surface area contributed by atoms with Crippen molar-refractivity contribution < 1.29 is 42.7 Å². The fourth-order valence-electron chi connectivity index (χ4n) is 4.94. The lowest BCUT2D eigenvalue weighted by molar-refractivity contribution is -0.154. The third kappa shape index (κ3) is 39.2. The Balaban J connectivity index is 4.38. The van der Waals surface area contributed by atoms with Crippen LogP contribution in [0, 0.1) is 0 Å². The number of esters is 1. The second-order valence-corrected chi connectivity index (χ2v) is 14.8. The third-order valence-corrected chi connectivity index (χ3v) is 9.11. The van der Waals surface area contributed by atoms with Crippen molar-refractivity contribution in [3.63, 3.8) is 0 Å². The Kier molecular flexibility index (Phi) is 37.3. The van der Waals surface area contributed by atoms with Gasteiger partial charge in [-0.3, -0.25) is 18.6 Å². The van der Waals surface area contributed by atoms with Gasteiger partial charge in [-0.2, -0.15) is 0 Å². The molecule has 0 aliphatic rings. The molecule has 0 saturated heterocycles. The maximum absolute atomic E-state index is 12.6. The molecule has 0 saturated carbocycles. The predicted octanol–water partition coefficient (Wildman–Crippen LogP) is 11.2. The van der Waals surface area contributed by atoms with Crippen LogP contribution in [0.3, 0.4) is 0 Å². The first kappa shape index (κ1) is 52.2. The number of aliphatic carboxylic acids is 1. The van der Waals surface area contributed by atoms with E-state index in [1.165, 1.54) is 38.5 Å². The van der Waals surface area contributed by atoms with Crippen LogP contribution in [0.25, 0.3) is 0 Å². The average molecular weight is 792 g/mol. The average Bonchev–Trinajstić information content (AvgIpc) is 3.16. The first-order valence-corrected chi connectivity index (χ1v) is 22.1. The number of carbonyl (C=O) groups excluding carboxylic acids is 1. The molecular formula is C44H74NO9P. The molecule has 10 nitrogen and oxygen atoms in total.